The molecule has 0 aromatic rings. The van der Waals surface area contributed by atoms with Crippen LogP contribution in [0.25, 0.3) is 0 Å². The van der Waals surface area contributed by atoms with E-state index >= 15 is 0 Å². The van der Waals surface area contributed by atoms with Gasteiger partial charge < -0.3 is 4.74 Å². The average molecular weight is 154 g/mol. The summed E-state index contributed by atoms with van der Waals surface area (Å²) in [5.41, 5.74) is 1.69. The zero-order valence-electron chi connectivity index (χ0n) is 8.19. The van der Waals surface area contributed by atoms with Gasteiger partial charge in [0.05, 0.1) is 12.4 Å². The highest BCUT2D eigenvalue weighted by atomic mass is 16.5. The summed E-state index contributed by atoms with van der Waals surface area (Å²) < 4.78 is 5.62. The van der Waals surface area contributed by atoms with Crippen LogP contribution in [0, 0.1) is 11.3 Å². The first-order chi connectivity index (χ1) is 4.95. The second kappa shape index (κ2) is 2.54. The van der Waals surface area contributed by atoms with Gasteiger partial charge in [-0.2, -0.15) is 0 Å². The van der Waals surface area contributed by atoms with Crippen LogP contribution in [0.1, 0.15) is 34.6 Å². The molecule has 0 aliphatic carbocycles. The van der Waals surface area contributed by atoms with Crippen molar-refractivity contribution in [2.45, 2.75) is 34.6 Å². The topological polar surface area (TPSA) is 9.23 Å². The Morgan fingerprint density at radius 1 is 1.36 bits per heavy atom. The summed E-state index contributed by atoms with van der Waals surface area (Å²) in [7, 11) is 0. The third kappa shape index (κ3) is 1.42. The number of hydrogen-bond acceptors (Lipinski definition) is 1. The Balaban J connectivity index is 2.90. The minimum Gasteiger partial charge on any atom is -0.497 e. The summed E-state index contributed by atoms with van der Waals surface area (Å²) >= 11 is 0. The molecule has 0 fully saturated rings. The maximum absolute atomic E-state index is 5.62. The zero-order valence-corrected chi connectivity index (χ0v) is 8.19. The minimum absolute atomic E-state index is 0.263. The number of rotatable bonds is 1. The Morgan fingerprint density at radius 3 is 2.09 bits per heavy atom. The molecule has 1 aliphatic heterocycles. The molecule has 0 atom stereocenters. The predicted octanol–water partition coefficient (Wildman–Crippen LogP) is 2.97. The Labute approximate surface area is 69.4 Å². The van der Waals surface area contributed by atoms with Crippen LogP contribution in [-0.4, -0.2) is 6.61 Å². The van der Waals surface area contributed by atoms with E-state index in [1.54, 1.807) is 0 Å². The fraction of sp³-hybridized carbons (Fsp3) is 0.800. The zero-order chi connectivity index (χ0) is 8.65. The van der Waals surface area contributed by atoms with Crippen LogP contribution in [0.4, 0.5) is 0 Å². The lowest BCUT2D eigenvalue weighted by Crippen LogP contribution is -2.12. The summed E-state index contributed by atoms with van der Waals surface area (Å²) in [5, 5.41) is 0. The van der Waals surface area contributed by atoms with Crippen molar-refractivity contribution in [2.24, 2.45) is 11.3 Å². The van der Waals surface area contributed by atoms with Crippen molar-refractivity contribution in [3.63, 3.8) is 0 Å². The first kappa shape index (κ1) is 8.63. The highest BCUT2D eigenvalue weighted by Gasteiger charge is 2.32. The second-order valence-electron chi connectivity index (χ2n) is 4.32. The molecule has 1 heteroatoms. The van der Waals surface area contributed by atoms with E-state index in [4.69, 9.17) is 4.74 Å². The molecule has 0 saturated heterocycles. The van der Waals surface area contributed by atoms with Gasteiger partial charge in [0.25, 0.3) is 0 Å². The molecule has 0 aromatic carbocycles. The molecule has 0 saturated carbocycles. The van der Waals surface area contributed by atoms with Crippen molar-refractivity contribution in [2.75, 3.05) is 6.61 Å². The summed E-state index contributed by atoms with van der Waals surface area (Å²) in [6, 6.07) is 0. The lowest BCUT2D eigenvalue weighted by Gasteiger charge is -2.15. The standard InChI is InChI=1S/C10H18O/c1-7(2)9-8(3)10(4,5)6-11-9/h7H,6H2,1-5H3. The maximum Gasteiger partial charge on any atom is 0.0981 e. The number of ether oxygens (including phenoxy) is 1. The Hall–Kier alpha value is -0.460. The fourth-order valence-corrected chi connectivity index (χ4v) is 1.41. The van der Waals surface area contributed by atoms with Gasteiger partial charge >= 0.3 is 0 Å². The normalized spacial score (nSPS) is 22.7. The highest BCUT2D eigenvalue weighted by molar-refractivity contribution is 5.20. The van der Waals surface area contributed by atoms with E-state index in [1.807, 2.05) is 0 Å². The average Bonchev–Trinajstić information content (AvgIpc) is 2.09. The van der Waals surface area contributed by atoms with Crippen molar-refractivity contribution in [1.29, 1.82) is 0 Å². The summed E-state index contributed by atoms with van der Waals surface area (Å²) in [6.45, 7) is 11.9. The quantitative estimate of drug-likeness (QED) is 0.564. The molecular formula is C10H18O. The van der Waals surface area contributed by atoms with Crippen LogP contribution in [0.15, 0.2) is 11.3 Å². The van der Waals surface area contributed by atoms with Gasteiger partial charge in [-0.05, 0) is 12.5 Å². The van der Waals surface area contributed by atoms with E-state index in [0.717, 1.165) is 6.61 Å². The van der Waals surface area contributed by atoms with Crippen molar-refractivity contribution in [3.05, 3.63) is 11.3 Å². The molecule has 0 bridgehead atoms. The largest absolute Gasteiger partial charge is 0.497 e. The van der Waals surface area contributed by atoms with Crippen LogP contribution in [-0.2, 0) is 4.74 Å². The van der Waals surface area contributed by atoms with Crippen molar-refractivity contribution in [3.8, 4) is 0 Å². The molecular weight excluding hydrogens is 136 g/mol. The van der Waals surface area contributed by atoms with Crippen molar-refractivity contribution in [1.82, 2.24) is 0 Å². The van der Waals surface area contributed by atoms with Crippen molar-refractivity contribution >= 4 is 0 Å². The lowest BCUT2D eigenvalue weighted by molar-refractivity contribution is 0.167. The second-order valence-corrected chi connectivity index (χ2v) is 4.32. The van der Waals surface area contributed by atoms with Crippen LogP contribution < -0.4 is 0 Å². The summed E-state index contributed by atoms with van der Waals surface area (Å²) in [6.07, 6.45) is 0. The highest BCUT2D eigenvalue weighted by Crippen LogP contribution is 2.38. The van der Waals surface area contributed by atoms with E-state index in [9.17, 15) is 0 Å². The molecule has 1 aliphatic rings. The van der Waals surface area contributed by atoms with Gasteiger partial charge in [-0.3, -0.25) is 0 Å². The van der Waals surface area contributed by atoms with E-state index in [-0.39, 0.29) is 5.41 Å². The molecule has 1 heterocycles. The number of allylic oxidation sites excluding steroid dienone is 1. The van der Waals surface area contributed by atoms with Crippen LogP contribution in [0.5, 0.6) is 0 Å². The van der Waals surface area contributed by atoms with Crippen LogP contribution in [0.3, 0.4) is 0 Å². The fourth-order valence-electron chi connectivity index (χ4n) is 1.41. The lowest BCUT2D eigenvalue weighted by atomic mass is 9.86. The van der Waals surface area contributed by atoms with E-state index < -0.39 is 0 Å². The Bertz CT molecular complexity index is 187. The van der Waals surface area contributed by atoms with Crippen molar-refractivity contribution < 1.29 is 4.74 Å². The third-order valence-corrected chi connectivity index (χ3v) is 2.50. The van der Waals surface area contributed by atoms with Crippen LogP contribution >= 0.6 is 0 Å². The third-order valence-electron chi connectivity index (χ3n) is 2.50. The van der Waals surface area contributed by atoms with Gasteiger partial charge in [0, 0.05) is 11.3 Å². The maximum atomic E-state index is 5.62. The van der Waals surface area contributed by atoms with Crippen LogP contribution in [0.2, 0.25) is 0 Å². The van der Waals surface area contributed by atoms with E-state index in [0.29, 0.717) is 5.92 Å². The first-order valence-corrected chi connectivity index (χ1v) is 4.29. The SMILES string of the molecule is CC1=C(C(C)C)OCC1(C)C. The van der Waals surface area contributed by atoms with Gasteiger partial charge in [-0.15, -0.1) is 0 Å². The Morgan fingerprint density at radius 2 is 1.91 bits per heavy atom. The van der Waals surface area contributed by atoms with Gasteiger partial charge in [-0.1, -0.05) is 27.7 Å². The van der Waals surface area contributed by atoms with E-state index in [2.05, 4.69) is 34.6 Å². The first-order valence-electron chi connectivity index (χ1n) is 4.29. The molecule has 1 nitrogen and oxygen atoms in total. The van der Waals surface area contributed by atoms with Gasteiger partial charge in [0.2, 0.25) is 0 Å². The molecule has 11 heavy (non-hydrogen) atoms. The summed E-state index contributed by atoms with van der Waals surface area (Å²) in [5.74, 6) is 1.74. The molecule has 0 spiro atoms. The number of hydrogen-bond donors (Lipinski definition) is 0. The predicted molar refractivity (Wildman–Crippen MR) is 47.3 cm³/mol. The molecule has 0 amide bonds. The van der Waals surface area contributed by atoms with Gasteiger partial charge in [-0.25, -0.2) is 0 Å². The molecule has 0 radical (unpaired) electrons. The van der Waals surface area contributed by atoms with E-state index in [1.165, 1.54) is 11.3 Å². The molecule has 1 rings (SSSR count). The molecule has 0 N–H and O–H groups in total. The van der Waals surface area contributed by atoms with Gasteiger partial charge in [0.15, 0.2) is 0 Å². The smallest absolute Gasteiger partial charge is 0.0981 e. The Kier molecular flexibility index (Phi) is 2.00. The molecule has 0 unspecified atom stereocenters. The monoisotopic (exact) mass is 154 g/mol. The summed E-state index contributed by atoms with van der Waals surface area (Å²) in [4.78, 5) is 0. The molecule has 64 valence electrons. The minimum atomic E-state index is 0.263. The molecule has 0 aromatic heterocycles. The van der Waals surface area contributed by atoms with Gasteiger partial charge in [0.1, 0.15) is 0 Å².